The monoisotopic (exact) mass is 358 g/mol. The maximum atomic E-state index is 12.5. The average molecular weight is 358 g/mol. The van der Waals surface area contributed by atoms with Gasteiger partial charge in [0.05, 0.1) is 25.9 Å². The molecule has 1 amide bonds. The lowest BCUT2D eigenvalue weighted by molar-refractivity contribution is -0.111. The second kappa shape index (κ2) is 9.17. The maximum Gasteiger partial charge on any atom is 0.388 e. The first-order valence-corrected chi connectivity index (χ1v) is 8.55. The minimum Gasteiger partial charge on any atom is -0.497 e. The van der Waals surface area contributed by atoms with Crippen LogP contribution in [0.1, 0.15) is 24.2 Å². The Morgan fingerprint density at radius 2 is 1.67 bits per heavy atom. The number of amides is 1. The SMILES string of the molecule is CCOP(=O)(OCC)C(=NOC(=O)c1ccc(OC)cc1)C(N)=O. The molecule has 0 radical (unpaired) electrons. The normalized spacial score (nSPS) is 11.9. The van der Waals surface area contributed by atoms with E-state index in [-0.39, 0.29) is 18.8 Å². The van der Waals surface area contributed by atoms with Crippen molar-refractivity contribution in [2.75, 3.05) is 20.3 Å². The Labute approximate surface area is 139 Å². The predicted molar refractivity (Wildman–Crippen MR) is 85.9 cm³/mol. The van der Waals surface area contributed by atoms with Gasteiger partial charge in [0, 0.05) is 0 Å². The van der Waals surface area contributed by atoms with Crippen LogP contribution >= 0.6 is 7.60 Å². The fourth-order valence-corrected chi connectivity index (χ4v) is 3.00. The second-order valence-electron chi connectivity index (χ2n) is 4.22. The molecule has 0 aliphatic rings. The van der Waals surface area contributed by atoms with E-state index in [1.54, 1.807) is 26.0 Å². The molecule has 0 aliphatic heterocycles. The molecule has 0 atom stereocenters. The molecule has 0 spiro atoms. The van der Waals surface area contributed by atoms with Crippen LogP contribution in [0.15, 0.2) is 29.4 Å². The molecule has 1 aromatic rings. The van der Waals surface area contributed by atoms with E-state index in [0.717, 1.165) is 0 Å². The molecule has 0 unspecified atom stereocenters. The summed E-state index contributed by atoms with van der Waals surface area (Å²) in [5.41, 5.74) is 4.50. The van der Waals surface area contributed by atoms with Gasteiger partial charge in [-0.25, -0.2) is 4.79 Å². The number of oxime groups is 1. The van der Waals surface area contributed by atoms with Gasteiger partial charge in [-0.2, -0.15) is 0 Å². The molecule has 0 bridgehead atoms. The van der Waals surface area contributed by atoms with Crippen molar-refractivity contribution in [2.24, 2.45) is 10.9 Å². The Bertz CT molecular complexity index is 648. The van der Waals surface area contributed by atoms with Crippen LogP contribution in [0.2, 0.25) is 0 Å². The number of nitrogens with two attached hydrogens (primary N) is 1. The van der Waals surface area contributed by atoms with E-state index in [4.69, 9.17) is 19.5 Å². The molecule has 24 heavy (non-hydrogen) atoms. The van der Waals surface area contributed by atoms with Crippen molar-refractivity contribution in [1.82, 2.24) is 0 Å². The van der Waals surface area contributed by atoms with Crippen molar-refractivity contribution in [2.45, 2.75) is 13.8 Å². The van der Waals surface area contributed by atoms with Gasteiger partial charge in [0.1, 0.15) is 5.75 Å². The number of hydrogen-bond acceptors (Lipinski definition) is 8. The molecule has 1 aromatic carbocycles. The van der Waals surface area contributed by atoms with E-state index in [9.17, 15) is 14.2 Å². The van der Waals surface area contributed by atoms with Gasteiger partial charge in [-0.05, 0) is 38.1 Å². The maximum absolute atomic E-state index is 12.5. The molecule has 0 aliphatic carbocycles. The van der Waals surface area contributed by atoms with Gasteiger partial charge in [-0.3, -0.25) is 9.36 Å². The lowest BCUT2D eigenvalue weighted by Gasteiger charge is -2.16. The summed E-state index contributed by atoms with van der Waals surface area (Å²) in [6.45, 7) is 3.06. The molecule has 0 heterocycles. The second-order valence-corrected chi connectivity index (χ2v) is 6.15. The van der Waals surface area contributed by atoms with Crippen molar-refractivity contribution in [3.63, 3.8) is 0 Å². The summed E-state index contributed by atoms with van der Waals surface area (Å²) in [4.78, 5) is 28.0. The van der Waals surface area contributed by atoms with Crippen LogP contribution in [0.3, 0.4) is 0 Å². The van der Waals surface area contributed by atoms with E-state index in [1.165, 1.54) is 19.2 Å². The first-order chi connectivity index (χ1) is 11.4. The van der Waals surface area contributed by atoms with E-state index in [1.807, 2.05) is 0 Å². The van der Waals surface area contributed by atoms with Crippen LogP contribution in [0.5, 0.6) is 5.75 Å². The molecule has 0 fully saturated rings. The van der Waals surface area contributed by atoms with Gasteiger partial charge in [-0.15, -0.1) is 0 Å². The number of ether oxygens (including phenoxy) is 1. The Kier molecular flexibility index (Phi) is 7.57. The highest BCUT2D eigenvalue weighted by Gasteiger charge is 2.37. The standard InChI is InChI=1S/C14H19N2O7P/c1-4-21-24(19,22-5-2)13(12(15)17)16-23-14(18)10-6-8-11(20-3)9-7-10/h6-9H,4-5H2,1-3H3,(H2,15,17). The fourth-order valence-electron chi connectivity index (χ4n) is 1.59. The lowest BCUT2D eigenvalue weighted by atomic mass is 10.2. The van der Waals surface area contributed by atoms with E-state index < -0.39 is 24.9 Å². The first kappa shape index (κ1) is 19.8. The fraction of sp³-hybridized carbons (Fsp3) is 0.357. The Morgan fingerprint density at radius 1 is 1.12 bits per heavy atom. The van der Waals surface area contributed by atoms with Crippen LogP contribution in [0.25, 0.3) is 0 Å². The van der Waals surface area contributed by atoms with E-state index >= 15 is 0 Å². The molecule has 0 aromatic heterocycles. The molecule has 0 saturated carbocycles. The molecule has 2 N–H and O–H groups in total. The van der Waals surface area contributed by atoms with Crippen molar-refractivity contribution < 1.29 is 32.8 Å². The van der Waals surface area contributed by atoms with Gasteiger partial charge < -0.3 is 24.4 Å². The summed E-state index contributed by atoms with van der Waals surface area (Å²) in [5, 5.41) is 3.30. The highest BCUT2D eigenvalue weighted by atomic mass is 31.2. The molecular weight excluding hydrogens is 339 g/mol. The number of methoxy groups -OCH3 is 1. The molecule has 9 nitrogen and oxygen atoms in total. The van der Waals surface area contributed by atoms with Crippen molar-refractivity contribution >= 4 is 24.9 Å². The van der Waals surface area contributed by atoms with Crippen molar-refractivity contribution in [1.29, 1.82) is 0 Å². The average Bonchev–Trinajstić information content (AvgIpc) is 2.55. The van der Waals surface area contributed by atoms with Crippen LogP contribution in [0, 0.1) is 0 Å². The Hall–Kier alpha value is -2.22. The summed E-state index contributed by atoms with van der Waals surface area (Å²) >= 11 is 0. The predicted octanol–water partition coefficient (Wildman–Crippen LogP) is 1.92. The lowest BCUT2D eigenvalue weighted by Crippen LogP contribution is -2.26. The minimum absolute atomic E-state index is 0.0179. The topological polar surface area (TPSA) is 127 Å². The summed E-state index contributed by atoms with van der Waals surface area (Å²) in [6.07, 6.45) is 0. The third kappa shape index (κ3) is 5.16. The number of benzene rings is 1. The number of carbonyl (C=O) groups excluding carboxylic acids is 2. The summed E-state index contributed by atoms with van der Waals surface area (Å²) in [6, 6.07) is 5.96. The van der Waals surface area contributed by atoms with Crippen LogP contribution in [0.4, 0.5) is 0 Å². The number of carbonyl (C=O) groups is 2. The third-order valence-corrected chi connectivity index (χ3v) is 4.64. The number of primary amides is 1. The summed E-state index contributed by atoms with van der Waals surface area (Å²) in [5.74, 6) is -1.51. The van der Waals surface area contributed by atoms with Crippen molar-refractivity contribution in [3.8, 4) is 5.75 Å². The Morgan fingerprint density at radius 3 is 2.08 bits per heavy atom. The zero-order valence-electron chi connectivity index (χ0n) is 13.6. The molecule has 132 valence electrons. The van der Waals surface area contributed by atoms with E-state index in [2.05, 4.69) is 9.99 Å². The van der Waals surface area contributed by atoms with Gasteiger partial charge in [0.2, 0.25) is 0 Å². The summed E-state index contributed by atoms with van der Waals surface area (Å²) < 4.78 is 27.4. The van der Waals surface area contributed by atoms with Crippen LogP contribution in [-0.2, 0) is 23.2 Å². The highest BCUT2D eigenvalue weighted by Crippen LogP contribution is 2.49. The van der Waals surface area contributed by atoms with Gasteiger partial charge in [0.25, 0.3) is 11.4 Å². The summed E-state index contributed by atoms with van der Waals surface area (Å²) in [7, 11) is -2.59. The number of rotatable bonds is 9. The minimum atomic E-state index is -4.07. The van der Waals surface area contributed by atoms with Crippen LogP contribution in [-0.4, -0.2) is 37.7 Å². The third-order valence-electron chi connectivity index (χ3n) is 2.62. The van der Waals surface area contributed by atoms with Gasteiger partial charge >= 0.3 is 13.6 Å². The molecular formula is C14H19N2O7P. The number of nitrogens with zero attached hydrogens (tertiary/aromatic N) is 1. The van der Waals surface area contributed by atoms with Gasteiger partial charge in [-0.1, -0.05) is 5.16 Å². The highest BCUT2D eigenvalue weighted by molar-refractivity contribution is 7.75. The van der Waals surface area contributed by atoms with Gasteiger partial charge in [0.15, 0.2) is 0 Å². The van der Waals surface area contributed by atoms with Crippen LogP contribution < -0.4 is 10.5 Å². The molecule has 10 heteroatoms. The zero-order valence-corrected chi connectivity index (χ0v) is 14.4. The van der Waals surface area contributed by atoms with E-state index in [0.29, 0.717) is 5.75 Å². The Balaban J connectivity index is 3.01. The zero-order chi connectivity index (χ0) is 18.2. The molecule has 0 saturated heterocycles. The number of hydrogen-bond donors (Lipinski definition) is 1. The smallest absolute Gasteiger partial charge is 0.388 e. The molecule has 1 rings (SSSR count). The van der Waals surface area contributed by atoms with Crippen molar-refractivity contribution in [3.05, 3.63) is 29.8 Å². The largest absolute Gasteiger partial charge is 0.497 e. The first-order valence-electron chi connectivity index (χ1n) is 7.00. The quantitative estimate of drug-likeness (QED) is 0.309.